The Bertz CT molecular complexity index is 609. The third-order valence-corrected chi connectivity index (χ3v) is 5.48. The summed E-state index contributed by atoms with van der Waals surface area (Å²) >= 11 is 5.47. The van der Waals surface area contributed by atoms with Gasteiger partial charge in [-0.3, -0.25) is 0 Å². The molecule has 1 fully saturated rings. The van der Waals surface area contributed by atoms with Crippen molar-refractivity contribution in [2.24, 2.45) is 0 Å². The summed E-state index contributed by atoms with van der Waals surface area (Å²) in [5.41, 5.74) is -0.436. The zero-order valence-electron chi connectivity index (χ0n) is 10.8. The lowest BCUT2D eigenvalue weighted by Gasteiger charge is -2.32. The molecule has 0 amide bonds. The van der Waals surface area contributed by atoms with Crippen LogP contribution >= 0.6 is 11.6 Å². The molecule has 2 rings (SSSR count). The molecule has 0 spiro atoms. The van der Waals surface area contributed by atoms with Crippen molar-refractivity contribution in [3.8, 4) is 0 Å². The van der Waals surface area contributed by atoms with E-state index in [9.17, 15) is 17.2 Å². The Labute approximate surface area is 121 Å². The predicted octanol–water partition coefficient (Wildman–Crippen LogP) is 2.11. The van der Waals surface area contributed by atoms with E-state index in [0.717, 1.165) is 16.4 Å². The minimum atomic E-state index is -4.04. The Morgan fingerprint density at radius 1 is 1.45 bits per heavy atom. The number of hydrogen-bond donors (Lipinski definition) is 0. The maximum Gasteiger partial charge on any atom is 0.246 e. The summed E-state index contributed by atoms with van der Waals surface area (Å²) in [6.07, 6.45) is 0. The van der Waals surface area contributed by atoms with Gasteiger partial charge in [0.25, 0.3) is 0 Å². The van der Waals surface area contributed by atoms with Crippen LogP contribution in [-0.2, 0) is 20.6 Å². The quantitative estimate of drug-likeness (QED) is 0.800. The van der Waals surface area contributed by atoms with Crippen molar-refractivity contribution in [1.82, 2.24) is 4.31 Å². The lowest BCUT2D eigenvalue weighted by molar-refractivity contribution is 0.0392. The van der Waals surface area contributed by atoms with Crippen LogP contribution in [0.3, 0.4) is 0 Å². The Balaban J connectivity index is 2.49. The number of halogens is 3. The highest BCUT2D eigenvalue weighted by Gasteiger charge is 2.34. The van der Waals surface area contributed by atoms with E-state index in [-0.39, 0.29) is 19.8 Å². The van der Waals surface area contributed by atoms with Gasteiger partial charge in [0.05, 0.1) is 19.1 Å². The molecule has 1 atom stereocenters. The van der Waals surface area contributed by atoms with Gasteiger partial charge in [0.1, 0.15) is 10.7 Å². The third-order valence-electron chi connectivity index (χ3n) is 3.18. The lowest BCUT2D eigenvalue weighted by Crippen LogP contribution is -2.47. The largest absolute Gasteiger partial charge is 0.378 e. The van der Waals surface area contributed by atoms with Crippen molar-refractivity contribution in [3.63, 3.8) is 0 Å². The van der Waals surface area contributed by atoms with Crippen LogP contribution in [0, 0.1) is 11.6 Å². The van der Waals surface area contributed by atoms with E-state index >= 15 is 0 Å². The van der Waals surface area contributed by atoms with Gasteiger partial charge in [-0.05, 0) is 19.1 Å². The summed E-state index contributed by atoms with van der Waals surface area (Å²) in [7, 11) is -4.04. The molecule has 112 valence electrons. The van der Waals surface area contributed by atoms with Crippen LogP contribution in [0.2, 0.25) is 0 Å². The van der Waals surface area contributed by atoms with Crippen LogP contribution in [0.5, 0.6) is 0 Å². The van der Waals surface area contributed by atoms with Crippen molar-refractivity contribution in [2.45, 2.75) is 23.7 Å². The zero-order valence-corrected chi connectivity index (χ0v) is 12.3. The second-order valence-electron chi connectivity index (χ2n) is 4.51. The molecule has 1 aliphatic rings. The van der Waals surface area contributed by atoms with E-state index < -0.39 is 44.0 Å². The predicted molar refractivity (Wildman–Crippen MR) is 70.1 cm³/mol. The molecule has 8 heteroatoms. The third kappa shape index (κ3) is 2.67. The van der Waals surface area contributed by atoms with Crippen LogP contribution in [-0.4, -0.2) is 38.5 Å². The number of benzene rings is 1. The Hall–Kier alpha value is -0.760. The second-order valence-corrected chi connectivity index (χ2v) is 6.64. The highest BCUT2D eigenvalue weighted by molar-refractivity contribution is 7.89. The van der Waals surface area contributed by atoms with Crippen LogP contribution in [0.15, 0.2) is 17.0 Å². The molecule has 0 N–H and O–H groups in total. The topological polar surface area (TPSA) is 46.6 Å². The summed E-state index contributed by atoms with van der Waals surface area (Å²) in [6.45, 7) is 2.29. The smallest absolute Gasteiger partial charge is 0.246 e. The van der Waals surface area contributed by atoms with Gasteiger partial charge >= 0.3 is 0 Å². The summed E-state index contributed by atoms with van der Waals surface area (Å²) in [4.78, 5) is -0.552. The second kappa shape index (κ2) is 5.93. The van der Waals surface area contributed by atoms with Crippen LogP contribution in [0.4, 0.5) is 8.78 Å². The fourth-order valence-electron chi connectivity index (χ4n) is 2.09. The zero-order chi connectivity index (χ0) is 14.9. The molecule has 20 heavy (non-hydrogen) atoms. The van der Waals surface area contributed by atoms with E-state index in [1.807, 2.05) is 0 Å². The molecule has 0 saturated carbocycles. The molecule has 4 nitrogen and oxygen atoms in total. The summed E-state index contributed by atoms with van der Waals surface area (Å²) < 4.78 is 58.8. The van der Waals surface area contributed by atoms with Crippen molar-refractivity contribution < 1.29 is 21.9 Å². The van der Waals surface area contributed by atoms with Crippen molar-refractivity contribution in [2.75, 3.05) is 19.8 Å². The Morgan fingerprint density at radius 2 is 2.15 bits per heavy atom. The molecule has 1 unspecified atom stereocenters. The average molecular weight is 326 g/mol. The lowest BCUT2D eigenvalue weighted by atomic mass is 10.2. The van der Waals surface area contributed by atoms with Crippen LogP contribution < -0.4 is 0 Å². The fourth-order valence-corrected chi connectivity index (χ4v) is 4.03. The van der Waals surface area contributed by atoms with E-state index in [1.165, 1.54) is 0 Å². The molecule has 1 aromatic rings. The first-order valence-electron chi connectivity index (χ1n) is 6.02. The van der Waals surface area contributed by atoms with Gasteiger partial charge < -0.3 is 4.74 Å². The molecule has 0 aliphatic carbocycles. The van der Waals surface area contributed by atoms with E-state index in [4.69, 9.17) is 16.3 Å². The van der Waals surface area contributed by atoms with Gasteiger partial charge in [-0.1, -0.05) is 0 Å². The number of rotatable bonds is 3. The highest BCUT2D eigenvalue weighted by atomic mass is 35.5. The van der Waals surface area contributed by atoms with Crippen molar-refractivity contribution >= 4 is 21.6 Å². The molecular formula is C12H14ClF2NO3S. The first-order valence-corrected chi connectivity index (χ1v) is 7.99. The molecule has 0 radical (unpaired) electrons. The Kier molecular flexibility index (Phi) is 4.63. The van der Waals surface area contributed by atoms with Crippen LogP contribution in [0.25, 0.3) is 0 Å². The highest BCUT2D eigenvalue weighted by Crippen LogP contribution is 2.27. The van der Waals surface area contributed by atoms with Gasteiger partial charge in [0.2, 0.25) is 10.0 Å². The maximum atomic E-state index is 14.1. The SMILES string of the molecule is CC1COCCN1S(=O)(=O)c1ccc(F)c(CCl)c1F. The number of sulfonamides is 1. The van der Waals surface area contributed by atoms with Crippen molar-refractivity contribution in [1.29, 1.82) is 0 Å². The first-order chi connectivity index (χ1) is 9.39. The summed E-state index contributed by atoms with van der Waals surface area (Å²) in [5, 5.41) is 0. The molecular weight excluding hydrogens is 312 g/mol. The van der Waals surface area contributed by atoms with E-state index in [0.29, 0.717) is 0 Å². The molecule has 1 aromatic carbocycles. The van der Waals surface area contributed by atoms with Gasteiger partial charge in [0.15, 0.2) is 5.82 Å². The Morgan fingerprint density at radius 3 is 2.75 bits per heavy atom. The number of hydrogen-bond acceptors (Lipinski definition) is 3. The minimum Gasteiger partial charge on any atom is -0.378 e. The van der Waals surface area contributed by atoms with Gasteiger partial charge in [-0.15, -0.1) is 11.6 Å². The van der Waals surface area contributed by atoms with E-state index in [1.54, 1.807) is 6.92 Å². The number of ether oxygens (including phenoxy) is 1. The van der Waals surface area contributed by atoms with Gasteiger partial charge in [-0.2, -0.15) is 4.31 Å². The number of morpholine rings is 1. The fraction of sp³-hybridized carbons (Fsp3) is 0.500. The molecule has 0 aromatic heterocycles. The molecule has 1 saturated heterocycles. The number of nitrogens with zero attached hydrogens (tertiary/aromatic N) is 1. The maximum absolute atomic E-state index is 14.1. The molecule has 1 aliphatic heterocycles. The number of alkyl halides is 1. The summed E-state index contributed by atoms with van der Waals surface area (Å²) in [6, 6.07) is 1.44. The molecule has 0 bridgehead atoms. The first kappa shape index (κ1) is 15.6. The summed E-state index contributed by atoms with van der Waals surface area (Å²) in [5.74, 6) is -2.41. The van der Waals surface area contributed by atoms with Crippen molar-refractivity contribution in [3.05, 3.63) is 29.3 Å². The molecule has 1 heterocycles. The van der Waals surface area contributed by atoms with Crippen LogP contribution in [0.1, 0.15) is 12.5 Å². The monoisotopic (exact) mass is 325 g/mol. The minimum absolute atomic E-state index is 0.135. The average Bonchev–Trinajstić information content (AvgIpc) is 2.39. The van der Waals surface area contributed by atoms with Gasteiger partial charge in [0, 0.05) is 18.2 Å². The standard InChI is InChI=1S/C12H14ClF2NO3S/c1-8-7-19-5-4-16(8)20(17,18)11-3-2-10(14)9(6-13)12(11)15/h2-3,8H,4-7H2,1H3. The normalized spacial score (nSPS) is 21.1. The van der Waals surface area contributed by atoms with Gasteiger partial charge in [-0.25, -0.2) is 17.2 Å². The van der Waals surface area contributed by atoms with E-state index in [2.05, 4.69) is 0 Å².